The Morgan fingerprint density at radius 3 is 2.71 bits per heavy atom. The normalized spacial score (nSPS) is 11.4. The first-order valence-electron chi connectivity index (χ1n) is 6.69. The molecule has 0 saturated heterocycles. The average Bonchev–Trinajstić information content (AvgIpc) is 2.49. The van der Waals surface area contributed by atoms with Gasteiger partial charge >= 0.3 is 5.51 Å². The minimum absolute atomic E-state index is 0.139. The summed E-state index contributed by atoms with van der Waals surface area (Å²) in [7, 11) is 0. The number of carbonyl (C=O) groups excluding carboxylic acids is 1. The van der Waals surface area contributed by atoms with E-state index in [1.54, 1.807) is 12.1 Å². The third-order valence-corrected chi connectivity index (χ3v) is 4.27. The highest BCUT2D eigenvalue weighted by atomic mass is 79.9. The van der Waals surface area contributed by atoms with Crippen LogP contribution in [0.2, 0.25) is 0 Å². The molecule has 128 valence electrons. The van der Waals surface area contributed by atoms with Gasteiger partial charge in [0.15, 0.2) is 0 Å². The molecular weight excluding hydrogens is 412 g/mol. The zero-order valence-electron chi connectivity index (χ0n) is 12.0. The van der Waals surface area contributed by atoms with E-state index < -0.39 is 34.0 Å². The van der Waals surface area contributed by atoms with Crippen LogP contribution in [0.3, 0.4) is 0 Å². The van der Waals surface area contributed by atoms with E-state index >= 15 is 0 Å². The van der Waals surface area contributed by atoms with Crippen molar-refractivity contribution in [3.63, 3.8) is 0 Å². The third-order valence-electron chi connectivity index (χ3n) is 2.91. The summed E-state index contributed by atoms with van der Waals surface area (Å²) < 4.78 is 50.9. The number of pyridine rings is 1. The van der Waals surface area contributed by atoms with Crippen LogP contribution < -0.4 is 5.32 Å². The molecule has 1 aromatic heterocycles. The second-order valence-corrected chi connectivity index (χ2v) is 6.57. The topological polar surface area (TPSA) is 42.0 Å². The van der Waals surface area contributed by atoms with Crippen molar-refractivity contribution in [3.05, 3.63) is 57.9 Å². The molecule has 0 bridgehead atoms. The number of thioether (sulfide) groups is 1. The van der Waals surface area contributed by atoms with E-state index in [2.05, 4.69) is 26.2 Å². The van der Waals surface area contributed by atoms with Gasteiger partial charge in [0.25, 0.3) is 5.91 Å². The molecule has 24 heavy (non-hydrogen) atoms. The highest BCUT2D eigenvalue weighted by Gasteiger charge is 2.32. The first-order valence-corrected chi connectivity index (χ1v) is 8.30. The zero-order chi connectivity index (χ0) is 17.7. The molecule has 1 heterocycles. The first kappa shape index (κ1) is 18.7. The third kappa shape index (κ3) is 5.48. The van der Waals surface area contributed by atoms with Gasteiger partial charge in [0.1, 0.15) is 10.8 Å². The van der Waals surface area contributed by atoms with Gasteiger partial charge in [-0.3, -0.25) is 4.79 Å². The van der Waals surface area contributed by atoms with Crippen molar-refractivity contribution in [2.45, 2.75) is 17.0 Å². The molecule has 0 saturated carbocycles. The van der Waals surface area contributed by atoms with Crippen LogP contribution in [-0.4, -0.2) is 22.9 Å². The number of amides is 1. The van der Waals surface area contributed by atoms with Crippen LogP contribution in [0.15, 0.2) is 46.0 Å². The zero-order valence-corrected chi connectivity index (χ0v) is 14.4. The molecule has 0 aliphatic carbocycles. The number of nitrogens with zero attached hydrogens (tertiary/aromatic N) is 1. The maximum Gasteiger partial charge on any atom is 0.447 e. The summed E-state index contributed by atoms with van der Waals surface area (Å²) in [5.41, 5.74) is -3.89. The lowest BCUT2D eigenvalue weighted by Gasteiger charge is -2.10. The summed E-state index contributed by atoms with van der Waals surface area (Å²) >= 11 is 2.63. The molecule has 1 N–H and O–H groups in total. The quantitative estimate of drug-likeness (QED) is 0.566. The first-order chi connectivity index (χ1) is 11.3. The van der Waals surface area contributed by atoms with Crippen molar-refractivity contribution in [3.8, 4) is 0 Å². The number of benzene rings is 1. The van der Waals surface area contributed by atoms with Crippen molar-refractivity contribution in [1.29, 1.82) is 0 Å². The summed E-state index contributed by atoms with van der Waals surface area (Å²) in [6, 6.07) is 7.12. The highest BCUT2D eigenvalue weighted by molar-refractivity contribution is 9.10. The summed E-state index contributed by atoms with van der Waals surface area (Å²) in [5, 5.41) is 2.14. The number of rotatable bonds is 5. The van der Waals surface area contributed by atoms with E-state index in [1.807, 2.05) is 0 Å². The number of alkyl halides is 3. The maximum absolute atomic E-state index is 13.1. The molecule has 2 rings (SSSR count). The standard InChI is InChI=1S/C15H11BrF4N2OS/c16-11-8-9(3-4-12(11)17)5-7-21-13(23)10-2-1-6-22-14(10)24-15(18,19)20/h1-4,6,8H,5,7H2,(H,21,23). The predicted molar refractivity (Wildman–Crippen MR) is 86.3 cm³/mol. The van der Waals surface area contributed by atoms with Crippen LogP contribution in [0, 0.1) is 5.82 Å². The largest absolute Gasteiger partial charge is 0.447 e. The lowest BCUT2D eigenvalue weighted by Crippen LogP contribution is -2.26. The van der Waals surface area contributed by atoms with Gasteiger partial charge in [-0.1, -0.05) is 6.07 Å². The van der Waals surface area contributed by atoms with Gasteiger partial charge in [-0.15, -0.1) is 0 Å². The van der Waals surface area contributed by atoms with Crippen molar-refractivity contribution in [1.82, 2.24) is 10.3 Å². The minimum Gasteiger partial charge on any atom is -0.352 e. The van der Waals surface area contributed by atoms with E-state index in [4.69, 9.17) is 0 Å². The van der Waals surface area contributed by atoms with Crippen LogP contribution in [0.1, 0.15) is 15.9 Å². The molecule has 1 amide bonds. The molecular formula is C15H11BrF4N2OS. The van der Waals surface area contributed by atoms with Crippen LogP contribution in [0.25, 0.3) is 0 Å². The molecule has 0 atom stereocenters. The monoisotopic (exact) mass is 422 g/mol. The second kappa shape index (κ2) is 7.98. The van der Waals surface area contributed by atoms with E-state index in [1.165, 1.54) is 24.4 Å². The van der Waals surface area contributed by atoms with Gasteiger partial charge in [0.05, 0.1) is 10.0 Å². The molecule has 0 aliphatic rings. The predicted octanol–water partition coefficient (Wildman–Crippen LogP) is 4.57. The SMILES string of the molecule is O=C(NCCc1ccc(F)c(Br)c1)c1cccnc1SC(F)(F)F. The van der Waals surface area contributed by atoms with Gasteiger partial charge in [-0.2, -0.15) is 13.2 Å². The van der Waals surface area contributed by atoms with Crippen molar-refractivity contribution in [2.24, 2.45) is 0 Å². The second-order valence-electron chi connectivity index (χ2n) is 4.66. The fourth-order valence-corrected chi connectivity index (χ4v) is 2.90. The molecule has 1 aromatic carbocycles. The lowest BCUT2D eigenvalue weighted by molar-refractivity contribution is -0.0329. The van der Waals surface area contributed by atoms with Crippen molar-refractivity contribution in [2.75, 3.05) is 6.54 Å². The molecule has 0 fully saturated rings. The van der Waals surface area contributed by atoms with E-state index in [0.717, 1.165) is 5.56 Å². The minimum atomic E-state index is -4.52. The number of carbonyl (C=O) groups is 1. The lowest BCUT2D eigenvalue weighted by atomic mass is 10.1. The molecule has 9 heteroatoms. The van der Waals surface area contributed by atoms with E-state index in [9.17, 15) is 22.4 Å². The van der Waals surface area contributed by atoms with E-state index in [-0.39, 0.29) is 12.1 Å². The van der Waals surface area contributed by atoms with Crippen molar-refractivity contribution < 1.29 is 22.4 Å². The molecule has 0 radical (unpaired) electrons. The summed E-state index contributed by atoms with van der Waals surface area (Å²) in [6.45, 7) is 0.196. The maximum atomic E-state index is 13.1. The smallest absolute Gasteiger partial charge is 0.352 e. The van der Waals surface area contributed by atoms with Crippen LogP contribution >= 0.6 is 27.7 Å². The molecule has 2 aromatic rings. The molecule has 0 spiro atoms. The average molecular weight is 423 g/mol. The number of hydrogen-bond acceptors (Lipinski definition) is 3. The van der Waals surface area contributed by atoms with Gasteiger partial charge in [0, 0.05) is 24.5 Å². The fraction of sp³-hybridized carbons (Fsp3) is 0.200. The van der Waals surface area contributed by atoms with Crippen LogP contribution in [-0.2, 0) is 6.42 Å². The number of aromatic nitrogens is 1. The van der Waals surface area contributed by atoms with E-state index in [0.29, 0.717) is 10.9 Å². The van der Waals surface area contributed by atoms with Crippen molar-refractivity contribution >= 4 is 33.6 Å². The molecule has 0 unspecified atom stereocenters. The Balaban J connectivity index is 1.99. The molecule has 0 aliphatic heterocycles. The van der Waals surface area contributed by atoms with Gasteiger partial charge in [0.2, 0.25) is 0 Å². The number of halogens is 5. The number of hydrogen-bond donors (Lipinski definition) is 1. The number of nitrogens with one attached hydrogen (secondary N) is 1. The van der Waals surface area contributed by atoms with Gasteiger partial charge in [-0.05, 0) is 52.2 Å². The summed E-state index contributed by atoms with van der Waals surface area (Å²) in [4.78, 5) is 15.7. The Bertz CT molecular complexity index is 740. The van der Waals surface area contributed by atoms with Crippen LogP contribution in [0.5, 0.6) is 0 Å². The summed E-state index contributed by atoms with van der Waals surface area (Å²) in [6.07, 6.45) is 1.60. The Morgan fingerprint density at radius 2 is 2.04 bits per heavy atom. The van der Waals surface area contributed by atoms with Gasteiger partial charge in [-0.25, -0.2) is 9.37 Å². The highest BCUT2D eigenvalue weighted by Crippen LogP contribution is 2.37. The molecule has 3 nitrogen and oxygen atoms in total. The van der Waals surface area contributed by atoms with Crippen LogP contribution in [0.4, 0.5) is 17.6 Å². The summed E-state index contributed by atoms with van der Waals surface area (Å²) in [5.74, 6) is -1.04. The Morgan fingerprint density at radius 1 is 1.29 bits per heavy atom. The Hall–Kier alpha value is -1.61. The van der Waals surface area contributed by atoms with Gasteiger partial charge < -0.3 is 5.32 Å². The Kier molecular flexibility index (Phi) is 6.22. The fourth-order valence-electron chi connectivity index (χ4n) is 1.87. The Labute approximate surface area is 148 Å².